The van der Waals surface area contributed by atoms with Gasteiger partial charge < -0.3 is 15.5 Å². The first-order chi connectivity index (χ1) is 13.2. The van der Waals surface area contributed by atoms with E-state index in [1.165, 1.54) is 38.5 Å². The van der Waals surface area contributed by atoms with Gasteiger partial charge in [-0.05, 0) is 37.5 Å². The number of nitrogens with one attached hydrogen (secondary N) is 2. The van der Waals surface area contributed by atoms with Crippen molar-refractivity contribution in [3.05, 3.63) is 0 Å². The third-order valence-electron chi connectivity index (χ3n) is 7.13. The molecule has 162 valence electrons. The Hall–Kier alpha value is -0.570. The van der Waals surface area contributed by atoms with E-state index in [-0.39, 0.29) is 24.0 Å². The summed E-state index contributed by atoms with van der Waals surface area (Å²) < 4.78 is 0. The van der Waals surface area contributed by atoms with E-state index in [1.54, 1.807) is 0 Å². The molecule has 3 fully saturated rings. The molecule has 2 N–H and O–H groups in total. The molecule has 0 spiro atoms. The van der Waals surface area contributed by atoms with Crippen molar-refractivity contribution in [1.82, 2.24) is 20.4 Å². The molecule has 7 heteroatoms. The minimum absolute atomic E-state index is 0. The smallest absolute Gasteiger partial charge is 0.225 e. The lowest BCUT2D eigenvalue weighted by Gasteiger charge is -2.38. The van der Waals surface area contributed by atoms with Crippen molar-refractivity contribution in [2.24, 2.45) is 16.3 Å². The molecule has 0 aromatic carbocycles. The van der Waals surface area contributed by atoms with Gasteiger partial charge in [-0.1, -0.05) is 26.2 Å². The third-order valence-corrected chi connectivity index (χ3v) is 7.13. The highest BCUT2D eigenvalue weighted by Gasteiger charge is 2.32. The van der Waals surface area contributed by atoms with Crippen molar-refractivity contribution < 1.29 is 4.79 Å². The van der Waals surface area contributed by atoms with E-state index in [0.29, 0.717) is 17.2 Å². The van der Waals surface area contributed by atoms with E-state index >= 15 is 0 Å². The summed E-state index contributed by atoms with van der Waals surface area (Å²) >= 11 is 0. The Bertz CT molecular complexity index is 509. The topological polar surface area (TPSA) is 60.0 Å². The molecule has 0 bridgehead atoms. The number of amides is 1. The van der Waals surface area contributed by atoms with Crippen LogP contribution in [0.1, 0.15) is 58.3 Å². The number of aliphatic imine (C=N–C) groups is 1. The molecule has 1 heterocycles. The second kappa shape index (κ2) is 11.6. The number of nitrogens with zero attached hydrogens (tertiary/aromatic N) is 3. The van der Waals surface area contributed by atoms with E-state index in [2.05, 4.69) is 32.3 Å². The molecule has 1 aliphatic heterocycles. The lowest BCUT2D eigenvalue weighted by atomic mass is 9.83. The molecule has 0 aromatic rings. The molecule has 3 rings (SSSR count). The summed E-state index contributed by atoms with van der Waals surface area (Å²) in [7, 11) is 1.85. The maximum atomic E-state index is 12.3. The molecular formula is C21H40IN5O. The zero-order chi connectivity index (χ0) is 19.1. The van der Waals surface area contributed by atoms with Crippen molar-refractivity contribution in [1.29, 1.82) is 0 Å². The van der Waals surface area contributed by atoms with Gasteiger partial charge in [-0.25, -0.2) is 0 Å². The van der Waals surface area contributed by atoms with Crippen LogP contribution in [0.2, 0.25) is 0 Å². The highest BCUT2D eigenvalue weighted by atomic mass is 127. The Morgan fingerprint density at radius 2 is 1.75 bits per heavy atom. The van der Waals surface area contributed by atoms with Crippen molar-refractivity contribution in [2.45, 2.75) is 58.3 Å². The molecule has 0 atom stereocenters. The number of hydrogen-bond donors (Lipinski definition) is 2. The summed E-state index contributed by atoms with van der Waals surface area (Å²) in [6.07, 6.45) is 10.1. The maximum Gasteiger partial charge on any atom is 0.225 e. The van der Waals surface area contributed by atoms with Crippen LogP contribution in [-0.4, -0.2) is 74.5 Å². The van der Waals surface area contributed by atoms with Gasteiger partial charge in [-0.15, -0.1) is 24.0 Å². The maximum absolute atomic E-state index is 12.3. The number of carbonyl (C=O) groups is 1. The van der Waals surface area contributed by atoms with Gasteiger partial charge in [0.25, 0.3) is 0 Å². The predicted molar refractivity (Wildman–Crippen MR) is 126 cm³/mol. The van der Waals surface area contributed by atoms with Crippen LogP contribution in [0.3, 0.4) is 0 Å². The van der Waals surface area contributed by atoms with Gasteiger partial charge in [0.1, 0.15) is 0 Å². The van der Waals surface area contributed by atoms with Crippen molar-refractivity contribution >= 4 is 35.8 Å². The summed E-state index contributed by atoms with van der Waals surface area (Å²) in [6.45, 7) is 9.02. The second-order valence-corrected chi connectivity index (χ2v) is 8.71. The number of rotatable bonds is 7. The highest BCUT2D eigenvalue weighted by Crippen LogP contribution is 2.40. The van der Waals surface area contributed by atoms with Gasteiger partial charge in [-0.3, -0.25) is 14.7 Å². The lowest BCUT2D eigenvalue weighted by molar-refractivity contribution is -0.139. The van der Waals surface area contributed by atoms with E-state index < -0.39 is 0 Å². The summed E-state index contributed by atoms with van der Waals surface area (Å²) in [5, 5.41) is 7.02. The van der Waals surface area contributed by atoms with Crippen LogP contribution in [0.4, 0.5) is 0 Å². The Labute approximate surface area is 188 Å². The first-order valence-corrected chi connectivity index (χ1v) is 11.1. The van der Waals surface area contributed by atoms with Crippen LogP contribution in [0.5, 0.6) is 0 Å². The predicted octanol–water partition coefficient (Wildman–Crippen LogP) is 2.68. The first kappa shape index (κ1) is 23.7. The lowest BCUT2D eigenvalue weighted by Crippen LogP contribution is -2.52. The zero-order valence-corrected chi connectivity index (χ0v) is 20.2. The van der Waals surface area contributed by atoms with E-state index in [0.717, 1.165) is 64.6 Å². The van der Waals surface area contributed by atoms with Gasteiger partial charge in [0.2, 0.25) is 5.91 Å². The van der Waals surface area contributed by atoms with Gasteiger partial charge in [0, 0.05) is 58.8 Å². The number of hydrogen-bond acceptors (Lipinski definition) is 3. The van der Waals surface area contributed by atoms with Crippen LogP contribution in [0.15, 0.2) is 4.99 Å². The summed E-state index contributed by atoms with van der Waals surface area (Å²) in [6, 6.07) is 0. The highest BCUT2D eigenvalue weighted by molar-refractivity contribution is 14.0. The number of guanidine groups is 1. The van der Waals surface area contributed by atoms with E-state index in [4.69, 9.17) is 0 Å². The molecule has 3 aliphatic rings. The second-order valence-electron chi connectivity index (χ2n) is 8.71. The number of carbonyl (C=O) groups excluding carboxylic acids is 1. The van der Waals surface area contributed by atoms with E-state index in [1.807, 2.05) is 7.05 Å². The SMILES string of the molecule is CCC1(CNC(=NC)NCCN2CCN(C(=O)C3CCC3)CC2)CCCC1.I. The van der Waals surface area contributed by atoms with Gasteiger partial charge in [0.05, 0.1) is 0 Å². The number of piperazine rings is 1. The fraction of sp³-hybridized carbons (Fsp3) is 0.905. The van der Waals surface area contributed by atoms with E-state index in [9.17, 15) is 4.79 Å². The van der Waals surface area contributed by atoms with Crippen LogP contribution in [0.25, 0.3) is 0 Å². The minimum Gasteiger partial charge on any atom is -0.356 e. The Kier molecular flexibility index (Phi) is 9.80. The van der Waals surface area contributed by atoms with Gasteiger partial charge in [-0.2, -0.15) is 0 Å². The van der Waals surface area contributed by atoms with Crippen LogP contribution in [-0.2, 0) is 4.79 Å². The molecule has 2 saturated carbocycles. The van der Waals surface area contributed by atoms with Crippen LogP contribution in [0, 0.1) is 11.3 Å². The molecular weight excluding hydrogens is 465 g/mol. The fourth-order valence-corrected chi connectivity index (χ4v) is 4.71. The molecule has 1 saturated heterocycles. The third kappa shape index (κ3) is 6.21. The Morgan fingerprint density at radius 3 is 2.29 bits per heavy atom. The average molecular weight is 505 g/mol. The monoisotopic (exact) mass is 505 g/mol. The minimum atomic E-state index is 0. The molecule has 0 radical (unpaired) electrons. The zero-order valence-electron chi connectivity index (χ0n) is 17.8. The summed E-state index contributed by atoms with van der Waals surface area (Å²) in [5.41, 5.74) is 0.473. The van der Waals surface area contributed by atoms with Gasteiger partial charge >= 0.3 is 0 Å². The van der Waals surface area contributed by atoms with Gasteiger partial charge in [0.15, 0.2) is 5.96 Å². The number of halogens is 1. The molecule has 1 amide bonds. The standard InChI is InChI=1S/C21H39N5O.HI/c1-3-21(9-4-5-10-21)17-24-20(22-2)23-11-12-25-13-15-26(16-14-25)19(27)18-7-6-8-18;/h18H,3-17H2,1-2H3,(H2,22,23,24);1H. The van der Waals surface area contributed by atoms with Crippen molar-refractivity contribution in [2.75, 3.05) is 52.9 Å². The largest absolute Gasteiger partial charge is 0.356 e. The summed E-state index contributed by atoms with van der Waals surface area (Å²) in [4.78, 5) is 21.3. The fourth-order valence-electron chi connectivity index (χ4n) is 4.71. The molecule has 28 heavy (non-hydrogen) atoms. The van der Waals surface area contributed by atoms with Crippen molar-refractivity contribution in [3.8, 4) is 0 Å². The summed E-state index contributed by atoms with van der Waals surface area (Å²) in [5.74, 6) is 1.66. The molecule has 0 unspecified atom stereocenters. The average Bonchev–Trinajstić information content (AvgIpc) is 3.13. The molecule has 6 nitrogen and oxygen atoms in total. The van der Waals surface area contributed by atoms with Crippen LogP contribution < -0.4 is 10.6 Å². The van der Waals surface area contributed by atoms with Crippen molar-refractivity contribution in [3.63, 3.8) is 0 Å². The Morgan fingerprint density at radius 1 is 1.07 bits per heavy atom. The molecule has 0 aromatic heterocycles. The normalized spacial score (nSPS) is 23.1. The quantitative estimate of drug-likeness (QED) is 0.318. The molecule has 2 aliphatic carbocycles. The van der Waals surface area contributed by atoms with Crippen LogP contribution >= 0.6 is 24.0 Å². The first-order valence-electron chi connectivity index (χ1n) is 11.1. The Balaban J connectivity index is 0.00000280.